The Labute approximate surface area is 226 Å². The van der Waals surface area contributed by atoms with Crippen molar-refractivity contribution < 1.29 is 0 Å². The molecule has 2 aromatic rings. The molecule has 0 fully saturated rings. The number of unbranched alkanes of at least 4 members (excludes halogenated alkanes) is 1. The summed E-state index contributed by atoms with van der Waals surface area (Å²) in [6.45, 7) is 15.2. The normalized spacial score (nSPS) is 13.2. The molecule has 3 rings (SSSR count). The minimum atomic E-state index is 0.224. The van der Waals surface area contributed by atoms with Gasteiger partial charge in [0.15, 0.2) is 0 Å². The number of aryl methyl sites for hydroxylation is 1. The smallest absolute Gasteiger partial charge is 0.122 e. The maximum absolute atomic E-state index is 4.49. The van der Waals surface area contributed by atoms with Gasteiger partial charge in [0.1, 0.15) is 12.0 Å². The molecule has 0 saturated heterocycles. The van der Waals surface area contributed by atoms with Gasteiger partial charge in [-0.3, -0.25) is 4.90 Å². The second kappa shape index (κ2) is 17.6. The maximum Gasteiger partial charge on any atom is 0.122 e. The van der Waals surface area contributed by atoms with E-state index in [2.05, 4.69) is 86.4 Å². The first-order valence-corrected chi connectivity index (χ1v) is 14.1. The van der Waals surface area contributed by atoms with Gasteiger partial charge in [-0.1, -0.05) is 45.4 Å². The summed E-state index contributed by atoms with van der Waals surface area (Å²) in [5, 5.41) is 9.93. The average Bonchev–Trinajstić information content (AvgIpc) is 3.55. The summed E-state index contributed by atoms with van der Waals surface area (Å²) in [6.07, 6.45) is 17.5. The van der Waals surface area contributed by atoms with Crippen LogP contribution in [0.3, 0.4) is 0 Å². The zero-order valence-electron chi connectivity index (χ0n) is 24.1. The Morgan fingerprint density at radius 1 is 1.00 bits per heavy atom. The molecule has 0 atom stereocenters. The van der Waals surface area contributed by atoms with Gasteiger partial charge in [-0.2, -0.15) is 0 Å². The van der Waals surface area contributed by atoms with Gasteiger partial charge in [0.25, 0.3) is 0 Å². The lowest BCUT2D eigenvalue weighted by atomic mass is 10.1. The van der Waals surface area contributed by atoms with Crippen LogP contribution in [0.2, 0.25) is 0 Å². The standard InChI is InChI=1S/C20H28N6.C10H23N/c1-4-5-17-12-16(6-7-18(17)21-2)13-26(14-19-22-8-9-23-19)15-20-24-10-11-25(20)3;1-4-7-10-11(8-5-2)9-6-3/h4-12,19,21-23H,13-15H2,1-3H3;4-10H2,1-3H3/b5-4+;. The van der Waals surface area contributed by atoms with Crippen molar-refractivity contribution in [1.82, 2.24) is 30.0 Å². The molecule has 1 aromatic carbocycles. The number of allylic oxidation sites excluding steroid dienone is 1. The third-order valence-electron chi connectivity index (χ3n) is 6.45. The van der Waals surface area contributed by atoms with Crippen LogP contribution in [0, 0.1) is 0 Å². The molecule has 7 heteroatoms. The van der Waals surface area contributed by atoms with Gasteiger partial charge in [0, 0.05) is 57.7 Å². The van der Waals surface area contributed by atoms with Crippen LogP contribution in [0.15, 0.2) is 49.1 Å². The quantitative estimate of drug-likeness (QED) is 0.299. The highest BCUT2D eigenvalue weighted by Crippen LogP contribution is 2.20. The predicted octanol–water partition coefficient (Wildman–Crippen LogP) is 5.40. The van der Waals surface area contributed by atoms with Gasteiger partial charge in [-0.15, -0.1) is 0 Å². The van der Waals surface area contributed by atoms with Gasteiger partial charge >= 0.3 is 0 Å². The molecule has 0 amide bonds. The van der Waals surface area contributed by atoms with Gasteiger partial charge in [-0.05, 0) is 69.1 Å². The maximum atomic E-state index is 4.49. The molecule has 206 valence electrons. The van der Waals surface area contributed by atoms with Crippen molar-refractivity contribution in [1.29, 1.82) is 0 Å². The molecule has 0 saturated carbocycles. The third-order valence-corrected chi connectivity index (χ3v) is 6.45. The lowest BCUT2D eigenvalue weighted by molar-refractivity contribution is 0.220. The molecule has 2 heterocycles. The molecule has 1 aliphatic rings. The highest BCUT2D eigenvalue weighted by Gasteiger charge is 2.17. The summed E-state index contributed by atoms with van der Waals surface area (Å²) in [4.78, 5) is 9.47. The van der Waals surface area contributed by atoms with Gasteiger partial charge in [0.05, 0.1) is 6.54 Å². The first-order valence-electron chi connectivity index (χ1n) is 14.1. The number of aromatic nitrogens is 2. The van der Waals surface area contributed by atoms with E-state index < -0.39 is 0 Å². The molecule has 37 heavy (non-hydrogen) atoms. The Bertz CT molecular complexity index is 920. The van der Waals surface area contributed by atoms with E-state index in [4.69, 9.17) is 0 Å². The second-order valence-corrected chi connectivity index (χ2v) is 9.71. The van der Waals surface area contributed by atoms with Crippen LogP contribution in [-0.2, 0) is 20.1 Å². The summed E-state index contributed by atoms with van der Waals surface area (Å²) in [5.74, 6) is 1.07. The van der Waals surface area contributed by atoms with Crippen LogP contribution in [0.5, 0.6) is 0 Å². The summed E-state index contributed by atoms with van der Waals surface area (Å²) in [7, 11) is 4.00. The second-order valence-electron chi connectivity index (χ2n) is 9.71. The van der Waals surface area contributed by atoms with E-state index in [1.807, 2.05) is 45.8 Å². The zero-order valence-corrected chi connectivity index (χ0v) is 24.1. The molecular weight excluding hydrogens is 458 g/mol. The van der Waals surface area contributed by atoms with E-state index in [1.54, 1.807) is 0 Å². The molecule has 0 unspecified atom stereocenters. The van der Waals surface area contributed by atoms with Crippen LogP contribution in [0.1, 0.15) is 70.3 Å². The van der Waals surface area contributed by atoms with E-state index in [1.165, 1.54) is 56.4 Å². The Hall–Kier alpha value is -2.77. The predicted molar refractivity (Wildman–Crippen MR) is 159 cm³/mol. The average molecular weight is 510 g/mol. The minimum absolute atomic E-state index is 0.224. The van der Waals surface area contributed by atoms with Crippen LogP contribution < -0.4 is 16.0 Å². The Kier molecular flexibility index (Phi) is 14.5. The Morgan fingerprint density at radius 2 is 1.73 bits per heavy atom. The third kappa shape index (κ3) is 11.0. The molecule has 0 aliphatic carbocycles. The van der Waals surface area contributed by atoms with E-state index in [0.717, 1.165) is 31.1 Å². The molecule has 1 aliphatic heterocycles. The first-order chi connectivity index (χ1) is 18.0. The lowest BCUT2D eigenvalue weighted by Crippen LogP contribution is -2.43. The van der Waals surface area contributed by atoms with E-state index in [-0.39, 0.29) is 6.17 Å². The van der Waals surface area contributed by atoms with E-state index in [9.17, 15) is 0 Å². The number of hydrogen-bond acceptors (Lipinski definition) is 6. The summed E-state index contributed by atoms with van der Waals surface area (Å²) in [6, 6.07) is 6.60. The molecule has 7 nitrogen and oxygen atoms in total. The van der Waals surface area contributed by atoms with Crippen molar-refractivity contribution in [2.75, 3.05) is 38.5 Å². The molecule has 3 N–H and O–H groups in total. The van der Waals surface area contributed by atoms with E-state index in [0.29, 0.717) is 0 Å². The highest BCUT2D eigenvalue weighted by atomic mass is 15.2. The lowest BCUT2D eigenvalue weighted by Gasteiger charge is -2.26. The van der Waals surface area contributed by atoms with Crippen molar-refractivity contribution in [3.8, 4) is 0 Å². The van der Waals surface area contributed by atoms with Crippen molar-refractivity contribution in [3.05, 3.63) is 66.0 Å². The molecule has 0 spiro atoms. The largest absolute Gasteiger partial charge is 0.388 e. The zero-order chi connectivity index (χ0) is 26.9. The number of nitrogens with zero attached hydrogens (tertiary/aromatic N) is 4. The molecular formula is C30H51N7. The SMILES string of the molecule is C/C=C/c1cc(CN(Cc2nccn2C)CC2NC=CN2)ccc1NC.CCCCN(CCC)CCC. The monoisotopic (exact) mass is 509 g/mol. The number of rotatable bonds is 15. The fourth-order valence-electron chi connectivity index (χ4n) is 4.54. The number of anilines is 1. The Morgan fingerprint density at radius 3 is 2.30 bits per heavy atom. The van der Waals surface area contributed by atoms with Crippen molar-refractivity contribution >= 4 is 11.8 Å². The van der Waals surface area contributed by atoms with Gasteiger partial charge in [-0.25, -0.2) is 4.98 Å². The van der Waals surface area contributed by atoms with Crippen molar-refractivity contribution in [3.63, 3.8) is 0 Å². The van der Waals surface area contributed by atoms with Gasteiger partial charge in [0.2, 0.25) is 0 Å². The molecule has 1 aromatic heterocycles. The molecule has 0 bridgehead atoms. The number of imidazole rings is 1. The molecule has 0 radical (unpaired) electrons. The fraction of sp³-hybridized carbons (Fsp3) is 0.567. The number of hydrogen-bond donors (Lipinski definition) is 3. The topological polar surface area (TPSA) is 60.4 Å². The number of benzene rings is 1. The van der Waals surface area contributed by atoms with Crippen LogP contribution in [0.25, 0.3) is 6.08 Å². The summed E-state index contributed by atoms with van der Waals surface area (Å²) in [5.41, 5.74) is 3.64. The minimum Gasteiger partial charge on any atom is -0.388 e. The van der Waals surface area contributed by atoms with Crippen LogP contribution >= 0.6 is 0 Å². The van der Waals surface area contributed by atoms with Crippen molar-refractivity contribution in [2.24, 2.45) is 7.05 Å². The fourth-order valence-corrected chi connectivity index (χ4v) is 4.54. The van der Waals surface area contributed by atoms with Crippen LogP contribution in [0.4, 0.5) is 5.69 Å². The first kappa shape index (κ1) is 30.5. The van der Waals surface area contributed by atoms with Gasteiger partial charge < -0.3 is 25.4 Å². The van der Waals surface area contributed by atoms with Crippen LogP contribution in [-0.4, -0.2) is 58.7 Å². The number of nitrogens with one attached hydrogen (secondary N) is 3. The highest BCUT2D eigenvalue weighted by molar-refractivity contribution is 5.67. The van der Waals surface area contributed by atoms with Crippen molar-refractivity contribution in [2.45, 2.75) is 72.6 Å². The van der Waals surface area contributed by atoms with E-state index >= 15 is 0 Å². The summed E-state index contributed by atoms with van der Waals surface area (Å²) >= 11 is 0. The summed E-state index contributed by atoms with van der Waals surface area (Å²) < 4.78 is 2.08. The Balaban J connectivity index is 0.000000371.